The van der Waals surface area contributed by atoms with E-state index < -0.39 is 5.97 Å². The number of amides is 1. The van der Waals surface area contributed by atoms with Crippen molar-refractivity contribution in [3.8, 4) is 0 Å². The summed E-state index contributed by atoms with van der Waals surface area (Å²) in [7, 11) is 2.10. The Labute approximate surface area is 209 Å². The third-order valence-electron chi connectivity index (χ3n) is 8.65. The topological polar surface area (TPSA) is 84.2 Å². The zero-order valence-electron chi connectivity index (χ0n) is 21.7. The summed E-state index contributed by atoms with van der Waals surface area (Å²) in [5, 5.41) is 12.5. The quantitative estimate of drug-likeness (QED) is 0.464. The van der Waals surface area contributed by atoms with E-state index in [-0.39, 0.29) is 17.7 Å². The fraction of sp³-hybridized carbons (Fsp3) is 0.621. The van der Waals surface area contributed by atoms with E-state index in [0.717, 1.165) is 49.9 Å². The number of imidazole rings is 1. The smallest absolute Gasteiger partial charge is 0.303 e. The Balaban J connectivity index is 1.42. The molecule has 2 aliphatic rings. The molecule has 0 saturated heterocycles. The number of aryl methyl sites for hydroxylation is 1. The largest absolute Gasteiger partial charge is 0.481 e. The summed E-state index contributed by atoms with van der Waals surface area (Å²) in [6.45, 7) is 7.40. The highest BCUT2D eigenvalue weighted by atomic mass is 16.4. The van der Waals surface area contributed by atoms with Crippen LogP contribution in [0.2, 0.25) is 0 Å². The molecule has 2 aromatic rings. The molecular formula is C29H41N3O3. The highest BCUT2D eigenvalue weighted by Crippen LogP contribution is 2.44. The van der Waals surface area contributed by atoms with Gasteiger partial charge in [0.2, 0.25) is 5.91 Å². The van der Waals surface area contributed by atoms with Gasteiger partial charge in [0.1, 0.15) is 5.82 Å². The van der Waals surface area contributed by atoms with Crippen molar-refractivity contribution in [2.75, 3.05) is 6.54 Å². The second-order valence-corrected chi connectivity index (χ2v) is 11.5. The average molecular weight is 480 g/mol. The van der Waals surface area contributed by atoms with Crippen molar-refractivity contribution >= 4 is 22.9 Å². The van der Waals surface area contributed by atoms with Crippen LogP contribution < -0.4 is 5.32 Å². The fourth-order valence-corrected chi connectivity index (χ4v) is 6.60. The first kappa shape index (κ1) is 25.5. The molecular weight excluding hydrogens is 438 g/mol. The molecule has 0 radical (unpaired) electrons. The first-order valence-electron chi connectivity index (χ1n) is 13.2. The van der Waals surface area contributed by atoms with Crippen LogP contribution in [-0.2, 0) is 23.1 Å². The van der Waals surface area contributed by atoms with E-state index in [4.69, 9.17) is 4.98 Å². The van der Waals surface area contributed by atoms with E-state index in [1.54, 1.807) is 0 Å². The number of carbonyl (C=O) groups is 2. The van der Waals surface area contributed by atoms with Gasteiger partial charge in [-0.1, -0.05) is 50.5 Å². The molecule has 190 valence electrons. The molecule has 2 N–H and O–H groups in total. The van der Waals surface area contributed by atoms with Gasteiger partial charge in [0.25, 0.3) is 0 Å². The number of hydrogen-bond donors (Lipinski definition) is 2. The highest BCUT2D eigenvalue weighted by molar-refractivity contribution is 5.78. The molecule has 0 bridgehead atoms. The first-order valence-corrected chi connectivity index (χ1v) is 13.2. The summed E-state index contributed by atoms with van der Waals surface area (Å²) in [4.78, 5) is 29.2. The number of para-hydroxylation sites is 2. The highest BCUT2D eigenvalue weighted by Gasteiger charge is 2.38. The summed E-state index contributed by atoms with van der Waals surface area (Å²) >= 11 is 0. The average Bonchev–Trinajstić information content (AvgIpc) is 3.37. The second-order valence-electron chi connectivity index (χ2n) is 11.5. The number of hydrogen-bond acceptors (Lipinski definition) is 3. The lowest BCUT2D eigenvalue weighted by molar-refractivity contribution is -0.140. The monoisotopic (exact) mass is 479 g/mol. The molecule has 35 heavy (non-hydrogen) atoms. The summed E-state index contributed by atoms with van der Waals surface area (Å²) in [5.74, 6) is 2.08. The van der Waals surface area contributed by atoms with Crippen molar-refractivity contribution in [1.82, 2.24) is 14.9 Å². The van der Waals surface area contributed by atoms with Crippen LogP contribution in [0.5, 0.6) is 0 Å². The number of carboxylic acids is 1. The standard InChI is InChI=1S/C29H41N3O3/c1-19(2)23-14-21(15-26-31-24-9-5-6-10-25(24)32(26)4)20(3)13-22(23)18-30-27(33)16-29(17-28(34)35)11-7-8-12-29/h5-6,9-10,13,19,21-23H,7-8,11-12,14-18H2,1-4H3,(H,30,33)(H,34,35). The molecule has 1 saturated carbocycles. The van der Waals surface area contributed by atoms with Crippen molar-refractivity contribution in [2.24, 2.45) is 36.1 Å². The fourth-order valence-electron chi connectivity index (χ4n) is 6.60. The van der Waals surface area contributed by atoms with Crippen molar-refractivity contribution in [3.63, 3.8) is 0 Å². The number of nitrogens with one attached hydrogen (secondary N) is 1. The Morgan fingerprint density at radius 3 is 2.57 bits per heavy atom. The summed E-state index contributed by atoms with van der Waals surface area (Å²) in [6, 6.07) is 8.29. The molecule has 1 aromatic carbocycles. The van der Waals surface area contributed by atoms with Crippen LogP contribution >= 0.6 is 0 Å². The van der Waals surface area contributed by atoms with Crippen molar-refractivity contribution in [2.45, 2.75) is 72.1 Å². The Morgan fingerprint density at radius 2 is 1.91 bits per heavy atom. The van der Waals surface area contributed by atoms with E-state index in [1.807, 2.05) is 6.07 Å². The molecule has 6 nitrogen and oxygen atoms in total. The lowest BCUT2D eigenvalue weighted by Gasteiger charge is -2.37. The number of rotatable bonds is 9. The summed E-state index contributed by atoms with van der Waals surface area (Å²) in [5.41, 5.74) is 3.24. The van der Waals surface area contributed by atoms with Gasteiger partial charge in [-0.05, 0) is 67.4 Å². The minimum absolute atomic E-state index is 0.00327. The van der Waals surface area contributed by atoms with Gasteiger partial charge in [-0.3, -0.25) is 9.59 Å². The van der Waals surface area contributed by atoms with Gasteiger partial charge < -0.3 is 15.0 Å². The predicted molar refractivity (Wildman–Crippen MR) is 139 cm³/mol. The molecule has 6 heteroatoms. The van der Waals surface area contributed by atoms with Gasteiger partial charge in [-0.2, -0.15) is 0 Å². The number of aliphatic carboxylic acids is 1. The third kappa shape index (κ3) is 5.79. The second kappa shape index (κ2) is 10.5. The van der Waals surface area contributed by atoms with Crippen LogP contribution in [-0.4, -0.2) is 33.1 Å². The van der Waals surface area contributed by atoms with Gasteiger partial charge in [-0.25, -0.2) is 4.98 Å². The molecule has 3 unspecified atom stereocenters. The zero-order chi connectivity index (χ0) is 25.2. The minimum atomic E-state index is -0.794. The van der Waals surface area contributed by atoms with E-state index in [1.165, 1.54) is 11.1 Å². The number of nitrogens with zero attached hydrogens (tertiary/aromatic N) is 2. The Hall–Kier alpha value is -2.63. The molecule has 1 aromatic heterocycles. The number of fused-ring (bicyclic) bond motifs is 1. The van der Waals surface area contributed by atoms with Gasteiger partial charge in [0.15, 0.2) is 0 Å². The van der Waals surface area contributed by atoms with Crippen molar-refractivity contribution < 1.29 is 14.7 Å². The maximum Gasteiger partial charge on any atom is 0.303 e. The molecule has 3 atom stereocenters. The van der Waals surface area contributed by atoms with Gasteiger partial charge in [0, 0.05) is 26.4 Å². The lowest BCUT2D eigenvalue weighted by atomic mass is 9.69. The summed E-state index contributed by atoms with van der Waals surface area (Å²) < 4.78 is 2.22. The van der Waals surface area contributed by atoms with E-state index in [2.05, 4.69) is 62.0 Å². The molecule has 4 rings (SSSR count). The Bertz CT molecular complexity index is 1090. The molecule has 2 aliphatic carbocycles. The number of carbonyl (C=O) groups excluding carboxylic acids is 1. The Kier molecular flexibility index (Phi) is 7.67. The number of carboxylic acid groups (broad SMARTS) is 1. The van der Waals surface area contributed by atoms with E-state index in [9.17, 15) is 14.7 Å². The zero-order valence-corrected chi connectivity index (χ0v) is 21.7. The van der Waals surface area contributed by atoms with Crippen molar-refractivity contribution in [1.29, 1.82) is 0 Å². The molecule has 1 heterocycles. The van der Waals surface area contributed by atoms with Crippen LogP contribution in [0.3, 0.4) is 0 Å². The summed E-state index contributed by atoms with van der Waals surface area (Å²) in [6.07, 6.45) is 8.55. The molecule has 1 fully saturated rings. The number of aromatic nitrogens is 2. The molecule has 0 aliphatic heterocycles. The maximum absolute atomic E-state index is 12.9. The van der Waals surface area contributed by atoms with Gasteiger partial charge in [0.05, 0.1) is 17.5 Å². The maximum atomic E-state index is 12.9. The molecule has 1 amide bonds. The SMILES string of the molecule is CC1=CC(CNC(=O)CC2(CC(=O)O)CCCC2)C(C(C)C)CC1Cc1nc2ccccc2n1C. The van der Waals surface area contributed by atoms with Gasteiger partial charge >= 0.3 is 5.97 Å². The van der Waals surface area contributed by atoms with Crippen LogP contribution in [0, 0.1) is 29.1 Å². The number of allylic oxidation sites excluding steroid dienone is 1. The van der Waals surface area contributed by atoms with Crippen molar-refractivity contribution in [3.05, 3.63) is 41.7 Å². The van der Waals surface area contributed by atoms with E-state index in [0.29, 0.717) is 36.6 Å². The van der Waals surface area contributed by atoms with E-state index >= 15 is 0 Å². The third-order valence-corrected chi connectivity index (χ3v) is 8.65. The van der Waals surface area contributed by atoms with Crippen LogP contribution in [0.1, 0.15) is 71.5 Å². The number of benzene rings is 1. The van der Waals surface area contributed by atoms with Crippen LogP contribution in [0.25, 0.3) is 11.0 Å². The lowest BCUT2D eigenvalue weighted by Crippen LogP contribution is -2.39. The normalized spacial score (nSPS) is 24.0. The van der Waals surface area contributed by atoms with Crippen LogP contribution in [0.15, 0.2) is 35.9 Å². The van der Waals surface area contributed by atoms with Crippen LogP contribution in [0.4, 0.5) is 0 Å². The van der Waals surface area contributed by atoms with Gasteiger partial charge in [-0.15, -0.1) is 0 Å². The predicted octanol–water partition coefficient (Wildman–Crippen LogP) is 5.51. The minimum Gasteiger partial charge on any atom is -0.481 e. The molecule has 0 spiro atoms. The Morgan fingerprint density at radius 1 is 1.20 bits per heavy atom. The first-order chi connectivity index (χ1) is 16.7.